The van der Waals surface area contributed by atoms with Crippen molar-refractivity contribution in [1.29, 1.82) is 0 Å². The maximum absolute atomic E-state index is 12.0. The summed E-state index contributed by atoms with van der Waals surface area (Å²) in [5.41, 5.74) is 7.03. The van der Waals surface area contributed by atoms with Gasteiger partial charge in [-0.25, -0.2) is 8.78 Å². The predicted molar refractivity (Wildman–Crippen MR) is 58.3 cm³/mol. The third-order valence-corrected chi connectivity index (χ3v) is 2.35. The molecule has 5 heteroatoms. The number of benzene rings is 1. The van der Waals surface area contributed by atoms with Crippen LogP contribution in [0.2, 0.25) is 0 Å². The summed E-state index contributed by atoms with van der Waals surface area (Å²) in [5, 5.41) is 0. The first-order valence-electron chi connectivity index (χ1n) is 4.44. The number of halogens is 3. The van der Waals surface area contributed by atoms with Crippen molar-refractivity contribution in [2.24, 2.45) is 5.73 Å². The minimum Gasteiger partial charge on any atom is -0.487 e. The molecule has 1 aromatic carbocycles. The van der Waals surface area contributed by atoms with Crippen LogP contribution in [-0.4, -0.2) is 13.0 Å². The molecule has 0 heterocycles. The maximum atomic E-state index is 12.0. The zero-order valence-electron chi connectivity index (χ0n) is 8.27. The van der Waals surface area contributed by atoms with Gasteiger partial charge >= 0.3 is 0 Å². The average molecular weight is 280 g/mol. The summed E-state index contributed by atoms with van der Waals surface area (Å²) in [4.78, 5) is 0. The highest BCUT2D eigenvalue weighted by atomic mass is 79.9. The third-order valence-electron chi connectivity index (χ3n) is 1.89. The topological polar surface area (TPSA) is 35.2 Å². The minimum atomic E-state index is -2.47. The predicted octanol–water partition coefficient (Wildman–Crippen LogP) is 2.86. The molecule has 0 amide bonds. The van der Waals surface area contributed by atoms with Crippen LogP contribution in [0.25, 0.3) is 0 Å². The molecule has 1 aromatic rings. The summed E-state index contributed by atoms with van der Waals surface area (Å²) >= 11 is 3.31. The molecule has 0 saturated carbocycles. The molecule has 2 N–H and O–H groups in total. The van der Waals surface area contributed by atoms with Crippen molar-refractivity contribution in [2.75, 3.05) is 6.61 Å². The van der Waals surface area contributed by atoms with Crippen molar-refractivity contribution in [3.05, 3.63) is 27.7 Å². The van der Waals surface area contributed by atoms with Gasteiger partial charge in [0, 0.05) is 16.6 Å². The fourth-order valence-corrected chi connectivity index (χ4v) is 1.92. The average Bonchev–Trinajstić information content (AvgIpc) is 2.14. The van der Waals surface area contributed by atoms with Crippen LogP contribution >= 0.6 is 15.9 Å². The van der Waals surface area contributed by atoms with Gasteiger partial charge in [0.2, 0.25) is 0 Å². The van der Waals surface area contributed by atoms with Crippen LogP contribution in [0.5, 0.6) is 5.75 Å². The van der Waals surface area contributed by atoms with Crippen LogP contribution in [0, 0.1) is 6.92 Å². The lowest BCUT2D eigenvalue weighted by Gasteiger charge is -2.13. The maximum Gasteiger partial charge on any atom is 0.272 e. The van der Waals surface area contributed by atoms with Crippen molar-refractivity contribution in [3.63, 3.8) is 0 Å². The Morgan fingerprint density at radius 2 is 2.13 bits per heavy atom. The molecule has 0 atom stereocenters. The van der Waals surface area contributed by atoms with E-state index in [1.165, 1.54) is 0 Å². The molecule has 0 spiro atoms. The molecule has 0 aliphatic rings. The Labute approximate surface area is 95.5 Å². The van der Waals surface area contributed by atoms with Crippen molar-refractivity contribution in [3.8, 4) is 5.75 Å². The molecular formula is C10H12BrF2NO. The summed E-state index contributed by atoms with van der Waals surface area (Å²) in [6.45, 7) is 1.46. The van der Waals surface area contributed by atoms with E-state index in [1.54, 1.807) is 19.1 Å². The van der Waals surface area contributed by atoms with Gasteiger partial charge < -0.3 is 10.5 Å². The minimum absolute atomic E-state index is 0.263. The highest BCUT2D eigenvalue weighted by Crippen LogP contribution is 2.28. The second-order valence-corrected chi connectivity index (χ2v) is 4.03. The summed E-state index contributed by atoms with van der Waals surface area (Å²) in [5.74, 6) is 0.459. The Bertz CT molecular complexity index is 344. The van der Waals surface area contributed by atoms with Gasteiger partial charge in [-0.15, -0.1) is 0 Å². The zero-order chi connectivity index (χ0) is 11.4. The molecule has 1 rings (SSSR count). The van der Waals surface area contributed by atoms with Gasteiger partial charge in [0.1, 0.15) is 12.4 Å². The quantitative estimate of drug-likeness (QED) is 0.920. The SMILES string of the molecule is Cc1cc(Br)cc(CN)c1OCC(F)F. The fraction of sp³-hybridized carbons (Fsp3) is 0.400. The Morgan fingerprint density at radius 1 is 1.47 bits per heavy atom. The lowest BCUT2D eigenvalue weighted by molar-refractivity contribution is 0.0811. The fourth-order valence-electron chi connectivity index (χ4n) is 1.30. The largest absolute Gasteiger partial charge is 0.487 e. The van der Waals surface area contributed by atoms with Crippen molar-refractivity contribution in [1.82, 2.24) is 0 Å². The van der Waals surface area contributed by atoms with E-state index >= 15 is 0 Å². The van der Waals surface area contributed by atoms with Crippen molar-refractivity contribution < 1.29 is 13.5 Å². The second-order valence-electron chi connectivity index (χ2n) is 3.12. The first kappa shape index (κ1) is 12.4. The van der Waals surface area contributed by atoms with Gasteiger partial charge in [0.05, 0.1) is 0 Å². The molecule has 0 unspecified atom stereocenters. The number of nitrogens with two attached hydrogens (primary N) is 1. The molecule has 2 nitrogen and oxygen atoms in total. The Kier molecular flexibility index (Phi) is 4.47. The lowest BCUT2D eigenvalue weighted by Crippen LogP contribution is -2.10. The molecule has 0 radical (unpaired) electrons. The Hall–Kier alpha value is -0.680. The van der Waals surface area contributed by atoms with E-state index in [-0.39, 0.29) is 6.54 Å². The van der Waals surface area contributed by atoms with Crippen LogP contribution < -0.4 is 10.5 Å². The van der Waals surface area contributed by atoms with Crippen LogP contribution in [0.3, 0.4) is 0 Å². The lowest BCUT2D eigenvalue weighted by atomic mass is 10.1. The Balaban J connectivity index is 2.93. The van der Waals surface area contributed by atoms with Gasteiger partial charge in [0.15, 0.2) is 0 Å². The van der Waals surface area contributed by atoms with Gasteiger partial charge in [-0.1, -0.05) is 15.9 Å². The van der Waals surface area contributed by atoms with Gasteiger partial charge in [0.25, 0.3) is 6.43 Å². The van der Waals surface area contributed by atoms with Crippen LogP contribution in [0.4, 0.5) is 8.78 Å². The molecule has 0 aliphatic carbocycles. The number of hydrogen-bond acceptors (Lipinski definition) is 2. The van der Waals surface area contributed by atoms with Crippen LogP contribution in [-0.2, 0) is 6.54 Å². The molecule has 0 aromatic heterocycles. The standard InChI is InChI=1S/C10H12BrF2NO/c1-6-2-8(11)3-7(4-14)10(6)15-5-9(12)13/h2-3,9H,4-5,14H2,1H3. The van der Waals surface area contributed by atoms with E-state index in [0.717, 1.165) is 15.6 Å². The summed E-state index contributed by atoms with van der Waals surface area (Å²) < 4.78 is 29.9. The van der Waals surface area contributed by atoms with Crippen LogP contribution in [0.15, 0.2) is 16.6 Å². The first-order valence-corrected chi connectivity index (χ1v) is 5.24. The molecular weight excluding hydrogens is 268 g/mol. The number of hydrogen-bond donors (Lipinski definition) is 1. The summed E-state index contributed by atoms with van der Waals surface area (Å²) in [7, 11) is 0. The highest BCUT2D eigenvalue weighted by molar-refractivity contribution is 9.10. The molecule has 84 valence electrons. The highest BCUT2D eigenvalue weighted by Gasteiger charge is 2.10. The molecule has 15 heavy (non-hydrogen) atoms. The number of aryl methyl sites for hydroxylation is 1. The van der Waals surface area contributed by atoms with Crippen LogP contribution in [0.1, 0.15) is 11.1 Å². The first-order chi connectivity index (χ1) is 7.04. The number of rotatable bonds is 4. The summed E-state index contributed by atoms with van der Waals surface area (Å²) in [6.07, 6.45) is -2.47. The van der Waals surface area contributed by atoms with Crippen molar-refractivity contribution in [2.45, 2.75) is 19.9 Å². The van der Waals surface area contributed by atoms with E-state index < -0.39 is 13.0 Å². The Morgan fingerprint density at radius 3 is 2.67 bits per heavy atom. The zero-order valence-corrected chi connectivity index (χ0v) is 9.85. The smallest absolute Gasteiger partial charge is 0.272 e. The van der Waals surface area contributed by atoms with E-state index in [1.807, 2.05) is 0 Å². The van der Waals surface area contributed by atoms with E-state index in [9.17, 15) is 8.78 Å². The molecule has 0 aliphatic heterocycles. The summed E-state index contributed by atoms with van der Waals surface area (Å²) in [6, 6.07) is 3.58. The second kappa shape index (κ2) is 5.42. The monoisotopic (exact) mass is 279 g/mol. The molecule has 0 bridgehead atoms. The number of ether oxygens (including phenoxy) is 1. The number of alkyl halides is 2. The molecule has 0 saturated heterocycles. The van der Waals surface area contributed by atoms with E-state index in [0.29, 0.717) is 5.75 Å². The van der Waals surface area contributed by atoms with Gasteiger partial charge in [-0.2, -0.15) is 0 Å². The van der Waals surface area contributed by atoms with Crippen molar-refractivity contribution >= 4 is 15.9 Å². The van der Waals surface area contributed by atoms with Gasteiger partial charge in [-0.05, 0) is 24.6 Å². The normalized spacial score (nSPS) is 10.8. The van der Waals surface area contributed by atoms with Gasteiger partial charge in [-0.3, -0.25) is 0 Å². The molecule has 0 fully saturated rings. The third kappa shape index (κ3) is 3.43. The van der Waals surface area contributed by atoms with E-state index in [2.05, 4.69) is 15.9 Å². The van der Waals surface area contributed by atoms with E-state index in [4.69, 9.17) is 10.5 Å².